The number of hydrogen-bond acceptors (Lipinski definition) is 5. The summed E-state index contributed by atoms with van der Waals surface area (Å²) in [7, 11) is 0. The van der Waals surface area contributed by atoms with Crippen LogP contribution in [0.25, 0.3) is 10.2 Å². The predicted octanol–water partition coefficient (Wildman–Crippen LogP) is 3.25. The minimum atomic E-state index is 0.805. The third-order valence-electron chi connectivity index (χ3n) is 3.16. The van der Waals surface area contributed by atoms with Gasteiger partial charge in [0.05, 0.1) is 5.39 Å². The zero-order valence-electron chi connectivity index (χ0n) is 9.56. The standard InChI is InChI=1S/C12H15N3S2/c1-4-16-5-2-9(1)7-13-11-10-3-6-17-12(10)15-8-14-11/h3,6,8-9H,1-2,4-5,7H2,(H,13,14,15). The number of anilines is 1. The number of aromatic nitrogens is 2. The summed E-state index contributed by atoms with van der Waals surface area (Å²) in [5.74, 6) is 4.42. The molecule has 3 rings (SSSR count). The van der Waals surface area contributed by atoms with Gasteiger partial charge in [-0.05, 0) is 41.7 Å². The van der Waals surface area contributed by atoms with Gasteiger partial charge in [-0.25, -0.2) is 9.97 Å². The van der Waals surface area contributed by atoms with E-state index in [0.29, 0.717) is 0 Å². The van der Waals surface area contributed by atoms with Gasteiger partial charge in [0.1, 0.15) is 17.0 Å². The molecule has 1 aliphatic rings. The van der Waals surface area contributed by atoms with Gasteiger partial charge in [0.25, 0.3) is 0 Å². The highest BCUT2D eigenvalue weighted by Crippen LogP contribution is 2.26. The second kappa shape index (κ2) is 5.23. The number of nitrogens with zero attached hydrogens (tertiary/aromatic N) is 2. The van der Waals surface area contributed by atoms with E-state index in [-0.39, 0.29) is 0 Å². The predicted molar refractivity (Wildman–Crippen MR) is 76.0 cm³/mol. The lowest BCUT2D eigenvalue weighted by Crippen LogP contribution is -2.19. The molecule has 5 heteroatoms. The Labute approximate surface area is 109 Å². The molecule has 0 amide bonds. The zero-order chi connectivity index (χ0) is 11.5. The fraction of sp³-hybridized carbons (Fsp3) is 0.500. The van der Waals surface area contributed by atoms with Crippen molar-refractivity contribution < 1.29 is 0 Å². The Kier molecular flexibility index (Phi) is 3.47. The van der Waals surface area contributed by atoms with Crippen LogP contribution in [0.5, 0.6) is 0 Å². The van der Waals surface area contributed by atoms with E-state index < -0.39 is 0 Å². The van der Waals surface area contributed by atoms with Crippen molar-refractivity contribution in [3.8, 4) is 0 Å². The van der Waals surface area contributed by atoms with E-state index in [4.69, 9.17) is 0 Å². The Bertz CT molecular complexity index is 491. The van der Waals surface area contributed by atoms with Crippen molar-refractivity contribution in [2.75, 3.05) is 23.4 Å². The van der Waals surface area contributed by atoms with Crippen molar-refractivity contribution in [2.45, 2.75) is 12.8 Å². The molecule has 0 atom stereocenters. The molecule has 0 aliphatic carbocycles. The molecule has 0 saturated carbocycles. The average molecular weight is 265 g/mol. The van der Waals surface area contributed by atoms with Gasteiger partial charge in [-0.1, -0.05) is 0 Å². The summed E-state index contributed by atoms with van der Waals surface area (Å²) in [5, 5.41) is 6.72. The largest absolute Gasteiger partial charge is 0.369 e. The van der Waals surface area contributed by atoms with E-state index in [9.17, 15) is 0 Å². The lowest BCUT2D eigenvalue weighted by Gasteiger charge is -2.21. The van der Waals surface area contributed by atoms with E-state index in [2.05, 4.69) is 38.5 Å². The fourth-order valence-electron chi connectivity index (χ4n) is 2.12. The summed E-state index contributed by atoms with van der Waals surface area (Å²) in [6.45, 7) is 1.04. The van der Waals surface area contributed by atoms with Crippen LogP contribution in [0, 0.1) is 5.92 Å². The SMILES string of the molecule is c1nc(NCC2CCSCC2)c2ccsc2n1. The summed E-state index contributed by atoms with van der Waals surface area (Å²) >= 11 is 3.74. The van der Waals surface area contributed by atoms with E-state index in [1.165, 1.54) is 24.3 Å². The molecule has 2 aromatic rings. The Morgan fingerprint density at radius 2 is 2.18 bits per heavy atom. The van der Waals surface area contributed by atoms with Crippen LogP contribution in [0.3, 0.4) is 0 Å². The Hall–Kier alpha value is -0.810. The molecule has 0 bridgehead atoms. The van der Waals surface area contributed by atoms with Gasteiger partial charge in [-0.2, -0.15) is 11.8 Å². The number of thiophene rings is 1. The average Bonchev–Trinajstić information content (AvgIpc) is 2.86. The Balaban J connectivity index is 1.69. The van der Waals surface area contributed by atoms with E-state index >= 15 is 0 Å². The molecule has 3 nitrogen and oxygen atoms in total. The van der Waals surface area contributed by atoms with Gasteiger partial charge < -0.3 is 5.32 Å². The number of hydrogen-bond donors (Lipinski definition) is 1. The van der Waals surface area contributed by atoms with Crippen LogP contribution < -0.4 is 5.32 Å². The normalized spacial score (nSPS) is 17.4. The molecule has 17 heavy (non-hydrogen) atoms. The van der Waals surface area contributed by atoms with Crippen LogP contribution in [0.1, 0.15) is 12.8 Å². The van der Waals surface area contributed by atoms with E-state index in [0.717, 1.165) is 28.5 Å². The number of rotatable bonds is 3. The highest BCUT2D eigenvalue weighted by atomic mass is 32.2. The molecule has 3 heterocycles. The monoisotopic (exact) mass is 265 g/mol. The summed E-state index contributed by atoms with van der Waals surface area (Å²) in [4.78, 5) is 9.67. The minimum absolute atomic E-state index is 0.805. The summed E-state index contributed by atoms with van der Waals surface area (Å²) in [5.41, 5.74) is 0. The topological polar surface area (TPSA) is 37.8 Å². The van der Waals surface area contributed by atoms with Gasteiger partial charge in [0.2, 0.25) is 0 Å². The van der Waals surface area contributed by atoms with Crippen molar-refractivity contribution >= 4 is 39.1 Å². The lowest BCUT2D eigenvalue weighted by molar-refractivity contribution is 0.515. The maximum atomic E-state index is 4.34. The molecular weight excluding hydrogens is 250 g/mol. The van der Waals surface area contributed by atoms with Gasteiger partial charge in [0.15, 0.2) is 0 Å². The van der Waals surface area contributed by atoms with Gasteiger partial charge in [-0.3, -0.25) is 0 Å². The first-order chi connectivity index (χ1) is 8.43. The molecule has 1 saturated heterocycles. The summed E-state index contributed by atoms with van der Waals surface area (Å²) < 4.78 is 0. The highest BCUT2D eigenvalue weighted by Gasteiger charge is 2.14. The second-order valence-electron chi connectivity index (χ2n) is 4.30. The molecule has 2 aromatic heterocycles. The molecule has 0 aromatic carbocycles. The maximum absolute atomic E-state index is 4.34. The van der Waals surface area contributed by atoms with Crippen LogP contribution >= 0.6 is 23.1 Å². The summed E-state index contributed by atoms with van der Waals surface area (Å²) in [6.07, 6.45) is 4.31. The molecule has 0 spiro atoms. The van der Waals surface area contributed by atoms with Crippen molar-refractivity contribution in [3.63, 3.8) is 0 Å². The van der Waals surface area contributed by atoms with Crippen molar-refractivity contribution in [1.82, 2.24) is 9.97 Å². The fourth-order valence-corrected chi connectivity index (χ4v) is 4.06. The van der Waals surface area contributed by atoms with Gasteiger partial charge >= 0.3 is 0 Å². The third-order valence-corrected chi connectivity index (χ3v) is 5.03. The number of nitrogens with one attached hydrogen (secondary N) is 1. The smallest absolute Gasteiger partial charge is 0.138 e. The first-order valence-corrected chi connectivity index (χ1v) is 7.97. The van der Waals surface area contributed by atoms with E-state index in [1.807, 2.05) is 0 Å². The van der Waals surface area contributed by atoms with Crippen LogP contribution in [-0.4, -0.2) is 28.0 Å². The van der Waals surface area contributed by atoms with Crippen molar-refractivity contribution in [1.29, 1.82) is 0 Å². The first-order valence-electron chi connectivity index (χ1n) is 5.93. The molecule has 0 unspecified atom stereocenters. The van der Waals surface area contributed by atoms with Crippen LogP contribution in [0.4, 0.5) is 5.82 Å². The minimum Gasteiger partial charge on any atom is -0.369 e. The van der Waals surface area contributed by atoms with Gasteiger partial charge in [0, 0.05) is 6.54 Å². The van der Waals surface area contributed by atoms with Crippen LogP contribution in [0.15, 0.2) is 17.8 Å². The van der Waals surface area contributed by atoms with Crippen molar-refractivity contribution in [3.05, 3.63) is 17.8 Å². The van der Waals surface area contributed by atoms with Crippen molar-refractivity contribution in [2.24, 2.45) is 5.92 Å². The third kappa shape index (κ3) is 2.55. The molecule has 1 fully saturated rings. The Morgan fingerprint density at radius 1 is 1.29 bits per heavy atom. The van der Waals surface area contributed by atoms with Crippen LogP contribution in [-0.2, 0) is 0 Å². The quantitative estimate of drug-likeness (QED) is 0.924. The first kappa shape index (κ1) is 11.3. The van der Waals surface area contributed by atoms with Gasteiger partial charge in [-0.15, -0.1) is 11.3 Å². The zero-order valence-corrected chi connectivity index (χ0v) is 11.2. The highest BCUT2D eigenvalue weighted by molar-refractivity contribution is 7.99. The Morgan fingerprint density at radius 3 is 3.06 bits per heavy atom. The molecule has 0 radical (unpaired) electrons. The lowest BCUT2D eigenvalue weighted by atomic mass is 10.0. The molecule has 1 N–H and O–H groups in total. The maximum Gasteiger partial charge on any atom is 0.138 e. The number of thioether (sulfide) groups is 1. The van der Waals surface area contributed by atoms with Crippen LogP contribution in [0.2, 0.25) is 0 Å². The molecular formula is C12H15N3S2. The summed E-state index contributed by atoms with van der Waals surface area (Å²) in [6, 6.07) is 2.10. The molecule has 90 valence electrons. The molecule has 1 aliphatic heterocycles. The second-order valence-corrected chi connectivity index (χ2v) is 6.42. The van der Waals surface area contributed by atoms with E-state index in [1.54, 1.807) is 17.7 Å². The number of fused-ring (bicyclic) bond motifs is 1.